The zero-order valence-electron chi connectivity index (χ0n) is 11.9. The molecule has 1 aromatic heterocycles. The van der Waals surface area contributed by atoms with Crippen molar-refractivity contribution in [3.63, 3.8) is 0 Å². The van der Waals surface area contributed by atoms with Crippen LogP contribution in [0, 0.1) is 6.92 Å². The second-order valence-electron chi connectivity index (χ2n) is 4.85. The number of hydrazone groups is 1. The van der Waals surface area contributed by atoms with E-state index in [1.165, 1.54) is 18.3 Å². The lowest BCUT2D eigenvalue weighted by Gasteiger charge is -2.02. The Morgan fingerprint density at radius 2 is 1.82 bits per heavy atom. The third kappa shape index (κ3) is 3.01. The van der Waals surface area contributed by atoms with Crippen molar-refractivity contribution >= 4 is 27.2 Å². The molecule has 0 radical (unpaired) electrons. The van der Waals surface area contributed by atoms with E-state index in [0.29, 0.717) is 5.76 Å². The second kappa shape index (κ2) is 5.65. The molecule has 2 aromatic carbocycles. The minimum atomic E-state index is -3.67. The van der Waals surface area contributed by atoms with Gasteiger partial charge in [0.15, 0.2) is 0 Å². The summed E-state index contributed by atoms with van der Waals surface area (Å²) in [7, 11) is -3.67. The fourth-order valence-electron chi connectivity index (χ4n) is 2.00. The molecular weight excluding hydrogens is 300 g/mol. The number of aryl methyl sites for hydroxylation is 1. The predicted octanol–water partition coefficient (Wildman–Crippen LogP) is 3.05. The van der Waals surface area contributed by atoms with Crippen molar-refractivity contribution in [3.05, 3.63) is 65.9 Å². The van der Waals surface area contributed by atoms with Crippen LogP contribution >= 0.6 is 0 Å². The number of hydrogen-bond donors (Lipinski definition) is 1. The van der Waals surface area contributed by atoms with Crippen molar-refractivity contribution in [2.24, 2.45) is 5.10 Å². The highest BCUT2D eigenvalue weighted by molar-refractivity contribution is 7.89. The molecule has 3 aromatic rings. The molecule has 0 aliphatic rings. The van der Waals surface area contributed by atoms with Gasteiger partial charge in [-0.05, 0) is 31.2 Å². The van der Waals surface area contributed by atoms with Gasteiger partial charge in [0, 0.05) is 5.39 Å². The second-order valence-corrected chi connectivity index (χ2v) is 6.51. The summed E-state index contributed by atoms with van der Waals surface area (Å²) in [5.41, 5.74) is 1.72. The smallest absolute Gasteiger partial charge is 0.276 e. The third-order valence-corrected chi connectivity index (χ3v) is 4.38. The van der Waals surface area contributed by atoms with Crippen molar-refractivity contribution in [2.75, 3.05) is 0 Å². The maximum atomic E-state index is 12.1. The number of fused-ring (bicyclic) bond motifs is 1. The number of hydrogen-bond acceptors (Lipinski definition) is 4. The molecule has 0 saturated heterocycles. The van der Waals surface area contributed by atoms with Crippen molar-refractivity contribution in [1.29, 1.82) is 0 Å². The molecule has 0 saturated carbocycles. The summed E-state index contributed by atoms with van der Waals surface area (Å²) in [6, 6.07) is 15.8. The van der Waals surface area contributed by atoms with Crippen LogP contribution in [0.3, 0.4) is 0 Å². The lowest BCUT2D eigenvalue weighted by Crippen LogP contribution is -2.18. The Balaban J connectivity index is 1.77. The molecule has 0 atom stereocenters. The summed E-state index contributed by atoms with van der Waals surface area (Å²) in [6.45, 7) is 1.89. The zero-order chi connectivity index (χ0) is 15.6. The first-order chi connectivity index (χ1) is 10.5. The Morgan fingerprint density at radius 3 is 2.55 bits per heavy atom. The molecule has 0 bridgehead atoms. The van der Waals surface area contributed by atoms with E-state index in [1.807, 2.05) is 31.2 Å². The van der Waals surface area contributed by atoms with Gasteiger partial charge in [0.05, 0.1) is 11.1 Å². The quantitative estimate of drug-likeness (QED) is 0.594. The molecule has 1 N–H and O–H groups in total. The lowest BCUT2D eigenvalue weighted by molar-refractivity contribution is 0.584. The zero-order valence-corrected chi connectivity index (χ0v) is 12.7. The van der Waals surface area contributed by atoms with Crippen molar-refractivity contribution in [2.45, 2.75) is 11.8 Å². The summed E-state index contributed by atoms with van der Waals surface area (Å²) in [5, 5.41) is 4.69. The van der Waals surface area contributed by atoms with E-state index in [4.69, 9.17) is 4.42 Å². The van der Waals surface area contributed by atoms with Crippen LogP contribution in [0.15, 0.2) is 69.0 Å². The highest BCUT2D eigenvalue weighted by atomic mass is 32.2. The first-order valence-electron chi connectivity index (χ1n) is 6.65. The topological polar surface area (TPSA) is 71.7 Å². The maximum absolute atomic E-state index is 12.1. The molecule has 5 nitrogen and oxygen atoms in total. The average molecular weight is 314 g/mol. The van der Waals surface area contributed by atoms with E-state index < -0.39 is 10.0 Å². The molecule has 1 heterocycles. The molecule has 0 amide bonds. The number of furan rings is 1. The number of benzene rings is 2. The van der Waals surface area contributed by atoms with Crippen LogP contribution in [-0.2, 0) is 10.0 Å². The standard InChI is InChI=1S/C16H14N2O3S/c1-12-6-8-15(9-7-12)22(19,20)18-17-11-14-10-13-4-2-3-5-16(13)21-14/h2-11,18H,1H3/b17-11+. The fourth-order valence-corrected chi connectivity index (χ4v) is 2.79. The predicted molar refractivity (Wildman–Crippen MR) is 85.3 cm³/mol. The Bertz CT molecular complexity index is 892. The Labute approximate surface area is 128 Å². The molecule has 0 unspecified atom stereocenters. The van der Waals surface area contributed by atoms with Gasteiger partial charge in [-0.3, -0.25) is 0 Å². The fraction of sp³-hybridized carbons (Fsp3) is 0.0625. The van der Waals surface area contributed by atoms with Gasteiger partial charge in [-0.1, -0.05) is 35.9 Å². The SMILES string of the molecule is Cc1ccc(S(=O)(=O)N/N=C/c2cc3ccccc3o2)cc1. The van der Waals surface area contributed by atoms with Crippen LogP contribution in [0.5, 0.6) is 0 Å². The lowest BCUT2D eigenvalue weighted by atomic mass is 10.2. The normalized spacial score (nSPS) is 12.0. The van der Waals surface area contributed by atoms with Gasteiger partial charge in [0.1, 0.15) is 11.3 Å². The van der Waals surface area contributed by atoms with Gasteiger partial charge in [-0.25, -0.2) is 0 Å². The summed E-state index contributed by atoms with van der Waals surface area (Å²) in [4.78, 5) is 2.34. The number of rotatable bonds is 4. The monoisotopic (exact) mass is 314 g/mol. The largest absolute Gasteiger partial charge is 0.455 e. The molecule has 0 spiro atoms. The minimum Gasteiger partial charge on any atom is -0.455 e. The van der Waals surface area contributed by atoms with Gasteiger partial charge >= 0.3 is 0 Å². The summed E-state index contributed by atoms with van der Waals surface area (Å²) in [6.07, 6.45) is 1.34. The molecule has 6 heteroatoms. The molecule has 0 aliphatic heterocycles. The van der Waals surface area contributed by atoms with Crippen molar-refractivity contribution in [1.82, 2.24) is 4.83 Å². The number of para-hydroxylation sites is 1. The van der Waals surface area contributed by atoms with Crippen LogP contribution < -0.4 is 4.83 Å². The van der Waals surface area contributed by atoms with Crippen molar-refractivity contribution in [3.8, 4) is 0 Å². The molecule has 3 rings (SSSR count). The van der Waals surface area contributed by atoms with E-state index in [0.717, 1.165) is 16.5 Å². The summed E-state index contributed by atoms with van der Waals surface area (Å²) in [5.74, 6) is 0.479. The molecule has 0 aliphatic carbocycles. The van der Waals surface area contributed by atoms with E-state index in [1.54, 1.807) is 18.2 Å². The van der Waals surface area contributed by atoms with Crippen LogP contribution in [0.4, 0.5) is 0 Å². The summed E-state index contributed by atoms with van der Waals surface area (Å²) < 4.78 is 29.6. The first kappa shape index (κ1) is 14.3. The number of nitrogens with one attached hydrogen (secondary N) is 1. The average Bonchev–Trinajstić information content (AvgIpc) is 2.90. The molecule has 0 fully saturated rings. The Morgan fingerprint density at radius 1 is 1.09 bits per heavy atom. The molecule has 22 heavy (non-hydrogen) atoms. The Kier molecular flexibility index (Phi) is 3.68. The van der Waals surface area contributed by atoms with Gasteiger partial charge in [0.2, 0.25) is 0 Å². The van der Waals surface area contributed by atoms with Gasteiger partial charge in [-0.15, -0.1) is 0 Å². The molecular formula is C16H14N2O3S. The maximum Gasteiger partial charge on any atom is 0.276 e. The van der Waals surface area contributed by atoms with Crippen LogP contribution in [0.25, 0.3) is 11.0 Å². The number of sulfonamides is 1. The van der Waals surface area contributed by atoms with E-state index >= 15 is 0 Å². The Hall–Kier alpha value is -2.60. The van der Waals surface area contributed by atoms with Crippen LogP contribution in [0.1, 0.15) is 11.3 Å². The van der Waals surface area contributed by atoms with E-state index in [9.17, 15) is 8.42 Å². The summed E-state index contributed by atoms with van der Waals surface area (Å²) >= 11 is 0. The van der Waals surface area contributed by atoms with E-state index in [2.05, 4.69) is 9.93 Å². The van der Waals surface area contributed by atoms with E-state index in [-0.39, 0.29) is 4.90 Å². The highest BCUT2D eigenvalue weighted by Gasteiger charge is 2.11. The van der Waals surface area contributed by atoms with Gasteiger partial charge < -0.3 is 4.42 Å². The van der Waals surface area contributed by atoms with Crippen molar-refractivity contribution < 1.29 is 12.8 Å². The van der Waals surface area contributed by atoms with Gasteiger partial charge in [0.25, 0.3) is 10.0 Å². The van der Waals surface area contributed by atoms with Crippen LogP contribution in [-0.4, -0.2) is 14.6 Å². The molecule has 112 valence electrons. The van der Waals surface area contributed by atoms with Crippen LogP contribution in [0.2, 0.25) is 0 Å². The highest BCUT2D eigenvalue weighted by Crippen LogP contribution is 2.17. The first-order valence-corrected chi connectivity index (χ1v) is 8.13. The minimum absolute atomic E-state index is 0.167. The van der Waals surface area contributed by atoms with Gasteiger partial charge in [-0.2, -0.15) is 18.4 Å². The number of nitrogens with zero attached hydrogens (tertiary/aromatic N) is 1. The third-order valence-electron chi connectivity index (χ3n) is 3.14.